The number of amides is 2. The topological polar surface area (TPSA) is 121 Å². The van der Waals surface area contributed by atoms with Crippen LogP contribution in [0, 0.1) is 6.92 Å². The molecule has 1 atom stereocenters. The summed E-state index contributed by atoms with van der Waals surface area (Å²) < 4.78 is 0. The summed E-state index contributed by atoms with van der Waals surface area (Å²) in [5.41, 5.74) is 8.77. The monoisotopic (exact) mass is 518 g/mol. The van der Waals surface area contributed by atoms with Gasteiger partial charge in [-0.25, -0.2) is 15.0 Å². The Morgan fingerprint density at radius 1 is 1.18 bits per heavy atom. The van der Waals surface area contributed by atoms with Crippen LogP contribution in [-0.2, 0) is 11.3 Å². The number of nitrogens with two attached hydrogens (primary N) is 1. The van der Waals surface area contributed by atoms with E-state index < -0.39 is 5.91 Å². The Kier molecular flexibility index (Phi) is 8.73. The lowest BCUT2D eigenvalue weighted by Gasteiger charge is -2.29. The molecule has 2 amide bonds. The zero-order valence-corrected chi connectivity index (χ0v) is 22.8. The Bertz CT molecular complexity index is 1300. The van der Waals surface area contributed by atoms with E-state index >= 15 is 0 Å². The fourth-order valence-electron chi connectivity index (χ4n) is 5.06. The number of nitrogens with zero attached hydrogens (tertiary/aromatic N) is 6. The molecule has 0 saturated carbocycles. The molecule has 10 nitrogen and oxygen atoms in total. The number of hydrogen-bond donors (Lipinski definition) is 2. The predicted molar refractivity (Wildman–Crippen MR) is 150 cm³/mol. The molecule has 1 saturated heterocycles. The van der Waals surface area contributed by atoms with E-state index in [1.807, 2.05) is 49.0 Å². The zero-order chi connectivity index (χ0) is 27.2. The van der Waals surface area contributed by atoms with E-state index in [1.165, 1.54) is 12.4 Å². The number of aryl methyl sites for hydroxylation is 1. The van der Waals surface area contributed by atoms with Crippen molar-refractivity contribution in [2.24, 2.45) is 0 Å². The summed E-state index contributed by atoms with van der Waals surface area (Å²) >= 11 is 0. The first kappa shape index (κ1) is 27.3. The highest BCUT2D eigenvalue weighted by Gasteiger charge is 2.32. The van der Waals surface area contributed by atoms with Crippen molar-refractivity contribution in [1.82, 2.24) is 30.1 Å². The summed E-state index contributed by atoms with van der Waals surface area (Å²) in [6, 6.07) is 8.08. The number of benzene rings is 1. The Morgan fingerprint density at radius 3 is 2.74 bits per heavy atom. The van der Waals surface area contributed by atoms with Crippen LogP contribution in [0.3, 0.4) is 0 Å². The van der Waals surface area contributed by atoms with Gasteiger partial charge in [0.05, 0.1) is 11.6 Å². The van der Waals surface area contributed by atoms with Crippen molar-refractivity contribution >= 4 is 34.4 Å². The highest BCUT2D eigenvalue weighted by molar-refractivity contribution is 5.96. The molecule has 2 aromatic heterocycles. The molecule has 3 aromatic rings. The second-order valence-electron chi connectivity index (χ2n) is 9.97. The van der Waals surface area contributed by atoms with Crippen LogP contribution in [-0.4, -0.2) is 82.9 Å². The molecule has 10 heteroatoms. The van der Waals surface area contributed by atoms with Gasteiger partial charge in [0, 0.05) is 57.1 Å². The molecule has 202 valence electrons. The predicted octanol–water partition coefficient (Wildman–Crippen LogP) is 2.61. The minimum Gasteiger partial charge on any atom is -0.382 e. The lowest BCUT2D eigenvalue weighted by Crippen LogP contribution is -2.46. The molecule has 0 aliphatic carbocycles. The van der Waals surface area contributed by atoms with E-state index in [0.717, 1.165) is 60.2 Å². The first-order valence-corrected chi connectivity index (χ1v) is 13.2. The van der Waals surface area contributed by atoms with Crippen molar-refractivity contribution in [1.29, 1.82) is 0 Å². The Labute approximate surface area is 224 Å². The molecule has 38 heavy (non-hydrogen) atoms. The SMILES string of the molecule is CCCN1CCC[C@H]1C(=O)N(C)CCN(C)c1nc2c(C)cccc2cc1CNC(=O)c1nccnc1N. The van der Waals surface area contributed by atoms with Crippen LogP contribution in [0.4, 0.5) is 11.6 Å². The average molecular weight is 519 g/mol. The lowest BCUT2D eigenvalue weighted by atomic mass is 10.1. The van der Waals surface area contributed by atoms with Crippen molar-refractivity contribution in [3.05, 3.63) is 53.5 Å². The third-order valence-corrected chi connectivity index (χ3v) is 7.15. The maximum atomic E-state index is 13.2. The van der Waals surface area contributed by atoms with Gasteiger partial charge in [0.25, 0.3) is 5.91 Å². The number of likely N-dealkylation sites (N-methyl/N-ethyl adjacent to an activating group) is 2. The van der Waals surface area contributed by atoms with Crippen LogP contribution >= 0.6 is 0 Å². The van der Waals surface area contributed by atoms with Crippen LogP contribution in [0.25, 0.3) is 10.9 Å². The third kappa shape index (κ3) is 6.02. The van der Waals surface area contributed by atoms with Gasteiger partial charge in [0.2, 0.25) is 5.91 Å². The summed E-state index contributed by atoms with van der Waals surface area (Å²) in [5, 5.41) is 3.90. The van der Waals surface area contributed by atoms with Gasteiger partial charge in [-0.3, -0.25) is 14.5 Å². The van der Waals surface area contributed by atoms with Gasteiger partial charge in [-0.2, -0.15) is 0 Å². The van der Waals surface area contributed by atoms with Gasteiger partial charge < -0.3 is 20.9 Å². The van der Waals surface area contributed by atoms with E-state index in [1.54, 1.807) is 0 Å². The molecule has 3 heterocycles. The van der Waals surface area contributed by atoms with Crippen LogP contribution in [0.5, 0.6) is 0 Å². The number of nitrogens with one attached hydrogen (secondary N) is 1. The first-order chi connectivity index (χ1) is 18.3. The maximum Gasteiger partial charge on any atom is 0.273 e. The van der Waals surface area contributed by atoms with Gasteiger partial charge >= 0.3 is 0 Å². The molecule has 0 radical (unpaired) electrons. The molecule has 4 rings (SSSR count). The first-order valence-electron chi connectivity index (χ1n) is 13.2. The van der Waals surface area contributed by atoms with Gasteiger partial charge in [0.15, 0.2) is 11.5 Å². The number of hydrogen-bond acceptors (Lipinski definition) is 8. The van der Waals surface area contributed by atoms with Crippen LogP contribution < -0.4 is 16.0 Å². The number of pyridine rings is 1. The minimum absolute atomic E-state index is 0.0222. The summed E-state index contributed by atoms with van der Waals surface area (Å²) in [7, 11) is 3.85. The quantitative estimate of drug-likeness (QED) is 0.420. The number of carbonyl (C=O) groups excluding carboxylic acids is 2. The highest BCUT2D eigenvalue weighted by atomic mass is 16.2. The van der Waals surface area contributed by atoms with Crippen molar-refractivity contribution in [3.8, 4) is 0 Å². The Morgan fingerprint density at radius 2 is 1.97 bits per heavy atom. The molecular weight excluding hydrogens is 480 g/mol. The van der Waals surface area contributed by atoms with Gasteiger partial charge in [-0.1, -0.05) is 25.1 Å². The number of likely N-dealkylation sites (tertiary alicyclic amines) is 1. The van der Waals surface area contributed by atoms with Crippen molar-refractivity contribution in [3.63, 3.8) is 0 Å². The van der Waals surface area contributed by atoms with Crippen LogP contribution in [0.1, 0.15) is 47.8 Å². The van der Waals surface area contributed by atoms with E-state index in [2.05, 4.69) is 33.2 Å². The molecule has 1 aliphatic rings. The van der Waals surface area contributed by atoms with Crippen molar-refractivity contribution in [2.45, 2.75) is 45.7 Å². The number of aromatic nitrogens is 3. The number of nitrogen functional groups attached to an aromatic ring is 1. The maximum absolute atomic E-state index is 13.2. The molecule has 1 fully saturated rings. The summed E-state index contributed by atoms with van der Waals surface area (Å²) in [4.78, 5) is 45.1. The number of anilines is 2. The zero-order valence-electron chi connectivity index (χ0n) is 22.8. The fraction of sp³-hybridized carbons (Fsp3) is 0.464. The second-order valence-corrected chi connectivity index (χ2v) is 9.97. The number of carbonyl (C=O) groups is 2. The van der Waals surface area contributed by atoms with E-state index in [0.29, 0.717) is 13.1 Å². The molecule has 0 unspecified atom stereocenters. The summed E-state index contributed by atoms with van der Waals surface area (Å²) in [5.74, 6) is 0.628. The second kappa shape index (κ2) is 12.2. The number of rotatable bonds is 10. The standard InChI is InChI=1S/C28H38N8O2/c1-5-13-36-14-7-10-22(36)28(38)35(4)16-15-34(3)26-21(17-20-9-6-8-19(2)23(20)33-26)18-32-27(37)24-25(29)31-12-11-30-24/h6,8-9,11-12,17,22H,5,7,10,13-16,18H2,1-4H3,(H2,29,31)(H,32,37)/t22-/m0/s1. The number of fused-ring (bicyclic) bond motifs is 1. The highest BCUT2D eigenvalue weighted by Crippen LogP contribution is 2.26. The summed E-state index contributed by atoms with van der Waals surface area (Å²) in [6.07, 6.45) is 5.93. The molecular formula is C28H38N8O2. The summed E-state index contributed by atoms with van der Waals surface area (Å²) in [6.45, 7) is 7.56. The van der Waals surface area contributed by atoms with E-state index in [-0.39, 0.29) is 30.0 Å². The van der Waals surface area contributed by atoms with Crippen LogP contribution in [0.15, 0.2) is 36.7 Å². The van der Waals surface area contributed by atoms with Crippen molar-refractivity contribution in [2.75, 3.05) is 50.9 Å². The largest absolute Gasteiger partial charge is 0.382 e. The van der Waals surface area contributed by atoms with E-state index in [4.69, 9.17) is 10.7 Å². The smallest absolute Gasteiger partial charge is 0.273 e. The normalized spacial score (nSPS) is 15.5. The molecule has 3 N–H and O–H groups in total. The Hall–Kier alpha value is -3.79. The van der Waals surface area contributed by atoms with Gasteiger partial charge in [-0.05, 0) is 50.9 Å². The van der Waals surface area contributed by atoms with Gasteiger partial charge in [0.1, 0.15) is 5.82 Å². The van der Waals surface area contributed by atoms with Crippen LogP contribution in [0.2, 0.25) is 0 Å². The Balaban J connectivity index is 1.50. The molecule has 1 aromatic carbocycles. The molecule has 0 bridgehead atoms. The third-order valence-electron chi connectivity index (χ3n) is 7.15. The fourth-order valence-corrected chi connectivity index (χ4v) is 5.06. The molecule has 1 aliphatic heterocycles. The lowest BCUT2D eigenvalue weighted by molar-refractivity contribution is -0.134. The van der Waals surface area contributed by atoms with E-state index in [9.17, 15) is 9.59 Å². The van der Waals surface area contributed by atoms with Crippen molar-refractivity contribution < 1.29 is 9.59 Å². The van der Waals surface area contributed by atoms with Gasteiger partial charge in [-0.15, -0.1) is 0 Å². The number of para-hydroxylation sites is 1. The molecule has 0 spiro atoms. The minimum atomic E-state index is -0.396. The average Bonchev–Trinajstić information content (AvgIpc) is 3.38.